The molecule has 22 heavy (non-hydrogen) atoms. The lowest BCUT2D eigenvalue weighted by molar-refractivity contribution is -0.0342. The Labute approximate surface area is 135 Å². The molecule has 1 fully saturated rings. The van der Waals surface area contributed by atoms with E-state index in [1.165, 1.54) is 0 Å². The second-order valence-corrected chi connectivity index (χ2v) is 7.06. The number of thiazole rings is 1. The summed E-state index contributed by atoms with van der Waals surface area (Å²) in [6.45, 7) is 10.7. The van der Waals surface area contributed by atoms with Gasteiger partial charge >= 0.3 is 0 Å². The maximum absolute atomic E-state index is 5.88. The Morgan fingerprint density at radius 1 is 1.45 bits per heavy atom. The minimum atomic E-state index is 0.0777. The Kier molecular flexibility index (Phi) is 4.85. The molecule has 1 unspecified atom stereocenters. The molecular formula is C15H23N5OS. The zero-order valence-electron chi connectivity index (χ0n) is 13.4. The monoisotopic (exact) mass is 321 g/mol. The van der Waals surface area contributed by atoms with Crippen molar-refractivity contribution in [2.45, 2.75) is 40.0 Å². The van der Waals surface area contributed by atoms with Crippen LogP contribution in [-0.4, -0.2) is 44.3 Å². The second kappa shape index (κ2) is 6.85. The Morgan fingerprint density at radius 2 is 2.32 bits per heavy atom. The molecular weight excluding hydrogens is 298 g/mol. The number of hydrogen-bond acceptors (Lipinski definition) is 6. The van der Waals surface area contributed by atoms with Gasteiger partial charge in [-0.1, -0.05) is 13.8 Å². The summed E-state index contributed by atoms with van der Waals surface area (Å²) in [5.74, 6) is 1.60. The molecule has 0 aromatic carbocycles. The van der Waals surface area contributed by atoms with Crippen LogP contribution in [0.25, 0.3) is 0 Å². The van der Waals surface area contributed by atoms with Crippen molar-refractivity contribution >= 4 is 11.3 Å². The van der Waals surface area contributed by atoms with Crippen LogP contribution in [-0.2, 0) is 17.8 Å². The topological polar surface area (TPSA) is 56.1 Å². The van der Waals surface area contributed by atoms with E-state index in [0.29, 0.717) is 5.92 Å². The number of nitrogens with zero attached hydrogens (tertiary/aromatic N) is 5. The molecule has 0 bridgehead atoms. The molecule has 2 aromatic rings. The Bertz CT molecular complexity index is 609. The number of hydrogen-bond donors (Lipinski definition) is 0. The number of aromatic nitrogens is 4. The first-order valence-corrected chi connectivity index (χ1v) is 8.62. The van der Waals surface area contributed by atoms with Gasteiger partial charge in [-0.15, -0.1) is 11.3 Å². The summed E-state index contributed by atoms with van der Waals surface area (Å²) in [6, 6.07) is 0. The van der Waals surface area contributed by atoms with Crippen molar-refractivity contribution in [3.05, 3.63) is 28.2 Å². The van der Waals surface area contributed by atoms with Gasteiger partial charge in [-0.05, 0) is 12.8 Å². The fraction of sp³-hybridized carbons (Fsp3) is 0.667. The number of aryl methyl sites for hydroxylation is 1. The van der Waals surface area contributed by atoms with Gasteiger partial charge in [-0.2, -0.15) is 5.10 Å². The summed E-state index contributed by atoms with van der Waals surface area (Å²) in [5, 5.41) is 7.49. The van der Waals surface area contributed by atoms with Gasteiger partial charge in [0.25, 0.3) is 0 Å². The van der Waals surface area contributed by atoms with Crippen molar-refractivity contribution in [3.63, 3.8) is 0 Å². The van der Waals surface area contributed by atoms with E-state index in [1.807, 2.05) is 11.6 Å². The van der Waals surface area contributed by atoms with Gasteiger partial charge in [-0.3, -0.25) is 4.90 Å². The summed E-state index contributed by atoms with van der Waals surface area (Å²) in [4.78, 5) is 11.4. The van der Waals surface area contributed by atoms with Gasteiger partial charge in [0.2, 0.25) is 0 Å². The maximum Gasteiger partial charge on any atom is 0.141 e. The summed E-state index contributed by atoms with van der Waals surface area (Å²) < 4.78 is 7.90. The van der Waals surface area contributed by atoms with E-state index in [0.717, 1.165) is 49.3 Å². The van der Waals surface area contributed by atoms with Crippen LogP contribution >= 0.6 is 11.3 Å². The molecule has 0 N–H and O–H groups in total. The second-order valence-electron chi connectivity index (χ2n) is 6.17. The van der Waals surface area contributed by atoms with Crippen LogP contribution < -0.4 is 0 Å². The van der Waals surface area contributed by atoms with Crippen molar-refractivity contribution in [3.8, 4) is 0 Å². The Morgan fingerprint density at radius 3 is 3.05 bits per heavy atom. The van der Waals surface area contributed by atoms with Gasteiger partial charge in [0.15, 0.2) is 0 Å². The lowest BCUT2D eigenvalue weighted by Crippen LogP contribution is -2.38. The molecule has 0 amide bonds. The quantitative estimate of drug-likeness (QED) is 0.845. The zero-order chi connectivity index (χ0) is 15.5. The molecule has 0 aliphatic carbocycles. The first-order valence-electron chi connectivity index (χ1n) is 7.74. The average Bonchev–Trinajstić information content (AvgIpc) is 3.09. The van der Waals surface area contributed by atoms with Crippen molar-refractivity contribution in [2.75, 3.05) is 19.7 Å². The zero-order valence-corrected chi connectivity index (χ0v) is 14.2. The van der Waals surface area contributed by atoms with Crippen LogP contribution in [0.3, 0.4) is 0 Å². The third-order valence-electron chi connectivity index (χ3n) is 3.66. The van der Waals surface area contributed by atoms with Gasteiger partial charge < -0.3 is 4.74 Å². The van der Waals surface area contributed by atoms with E-state index in [4.69, 9.17) is 4.74 Å². The van der Waals surface area contributed by atoms with Crippen LogP contribution in [0.1, 0.15) is 36.5 Å². The molecule has 0 radical (unpaired) electrons. The van der Waals surface area contributed by atoms with Gasteiger partial charge in [0.05, 0.1) is 13.2 Å². The van der Waals surface area contributed by atoms with Gasteiger partial charge in [0, 0.05) is 30.7 Å². The van der Waals surface area contributed by atoms with E-state index in [-0.39, 0.29) is 6.10 Å². The third-order valence-corrected chi connectivity index (χ3v) is 4.72. The molecule has 0 saturated carbocycles. The highest BCUT2D eigenvalue weighted by Crippen LogP contribution is 2.25. The predicted octanol–water partition coefficient (Wildman–Crippen LogP) is 2.27. The molecule has 3 heterocycles. The summed E-state index contributed by atoms with van der Waals surface area (Å²) in [7, 11) is 0. The van der Waals surface area contributed by atoms with E-state index >= 15 is 0 Å². The summed E-state index contributed by atoms with van der Waals surface area (Å²) in [5.41, 5.74) is 1.07. The van der Waals surface area contributed by atoms with Crippen molar-refractivity contribution < 1.29 is 4.74 Å². The van der Waals surface area contributed by atoms with E-state index in [9.17, 15) is 0 Å². The lowest BCUT2D eigenvalue weighted by atomic mass is 10.2. The number of ether oxygens (including phenoxy) is 1. The fourth-order valence-corrected chi connectivity index (χ4v) is 3.46. The maximum atomic E-state index is 5.88. The standard InChI is InChI=1S/C15H23N5OS/c1-11(2)6-20-14(16-10-17-20)8-19-4-5-21-13(7-19)15-18-12(3)9-22-15/h9-11,13H,4-8H2,1-3H3. The van der Waals surface area contributed by atoms with Gasteiger partial charge in [-0.25, -0.2) is 14.6 Å². The molecule has 120 valence electrons. The minimum Gasteiger partial charge on any atom is -0.368 e. The van der Waals surface area contributed by atoms with Crippen molar-refractivity contribution in [1.82, 2.24) is 24.6 Å². The molecule has 1 atom stereocenters. The normalized spacial score (nSPS) is 19.9. The predicted molar refractivity (Wildman–Crippen MR) is 85.7 cm³/mol. The molecule has 0 spiro atoms. The minimum absolute atomic E-state index is 0.0777. The third kappa shape index (κ3) is 3.71. The van der Waals surface area contributed by atoms with Crippen LogP contribution in [0.4, 0.5) is 0 Å². The first kappa shape index (κ1) is 15.6. The molecule has 1 aliphatic heterocycles. The Balaban J connectivity index is 1.64. The summed E-state index contributed by atoms with van der Waals surface area (Å²) in [6.07, 6.45) is 1.73. The molecule has 2 aromatic heterocycles. The van der Waals surface area contributed by atoms with Crippen LogP contribution in [0.15, 0.2) is 11.7 Å². The van der Waals surface area contributed by atoms with Crippen molar-refractivity contribution in [1.29, 1.82) is 0 Å². The van der Waals surface area contributed by atoms with Crippen molar-refractivity contribution in [2.24, 2.45) is 5.92 Å². The number of morpholine rings is 1. The summed E-state index contributed by atoms with van der Waals surface area (Å²) >= 11 is 1.68. The lowest BCUT2D eigenvalue weighted by Gasteiger charge is -2.31. The molecule has 1 aliphatic rings. The van der Waals surface area contributed by atoms with E-state index < -0.39 is 0 Å². The fourth-order valence-electron chi connectivity index (χ4n) is 2.62. The average molecular weight is 321 g/mol. The van der Waals surface area contributed by atoms with Crippen LogP contribution in [0, 0.1) is 12.8 Å². The Hall–Kier alpha value is -1.31. The molecule has 7 heteroatoms. The first-order chi connectivity index (χ1) is 10.6. The van der Waals surface area contributed by atoms with Gasteiger partial charge in [0.1, 0.15) is 23.3 Å². The van der Waals surface area contributed by atoms with Crippen LogP contribution in [0.2, 0.25) is 0 Å². The van der Waals surface area contributed by atoms with E-state index in [1.54, 1.807) is 17.7 Å². The highest BCUT2D eigenvalue weighted by molar-refractivity contribution is 7.09. The highest BCUT2D eigenvalue weighted by Gasteiger charge is 2.25. The largest absolute Gasteiger partial charge is 0.368 e. The highest BCUT2D eigenvalue weighted by atomic mass is 32.1. The number of rotatable bonds is 5. The van der Waals surface area contributed by atoms with Crippen LogP contribution in [0.5, 0.6) is 0 Å². The smallest absolute Gasteiger partial charge is 0.141 e. The van der Waals surface area contributed by atoms with E-state index in [2.05, 4.69) is 39.2 Å². The SMILES string of the molecule is Cc1csc(C2CN(Cc3ncnn3CC(C)C)CCO2)n1. The molecule has 3 rings (SSSR count). The molecule has 1 saturated heterocycles. The molecule has 6 nitrogen and oxygen atoms in total.